The number of nitrogens with zero attached hydrogens (tertiary/aromatic N) is 2. The average molecular weight is 574 g/mol. The molecule has 0 radical (unpaired) electrons. The Bertz CT molecular complexity index is 1160. The van der Waals surface area contributed by atoms with Crippen LogP contribution in [0, 0.1) is 11.8 Å². The Morgan fingerprint density at radius 2 is 2.03 bits per heavy atom. The molecule has 0 atom stereocenters. The lowest BCUT2D eigenvalue weighted by molar-refractivity contribution is 0.251. The number of hydrogen-bond acceptors (Lipinski definition) is 7. The van der Waals surface area contributed by atoms with Crippen LogP contribution in [-0.2, 0) is 9.67 Å². The van der Waals surface area contributed by atoms with Crippen LogP contribution in [0.2, 0.25) is 0 Å². The van der Waals surface area contributed by atoms with Gasteiger partial charge in [0.25, 0.3) is 0 Å². The van der Waals surface area contributed by atoms with Gasteiger partial charge in [0.2, 0.25) is 0 Å². The van der Waals surface area contributed by atoms with E-state index in [1.54, 1.807) is 11.3 Å². The molecule has 3 N–H and O–H groups in total. The van der Waals surface area contributed by atoms with Gasteiger partial charge in [0.1, 0.15) is 46.8 Å². The minimum Gasteiger partial charge on any atom is -0.489 e. The summed E-state index contributed by atoms with van der Waals surface area (Å²) in [4.78, 5) is 10.2. The van der Waals surface area contributed by atoms with Crippen LogP contribution >= 0.6 is 34.3 Å². The van der Waals surface area contributed by atoms with E-state index in [2.05, 4.69) is 22.1 Å². The predicted octanol–water partition coefficient (Wildman–Crippen LogP) is 5.33. The summed E-state index contributed by atoms with van der Waals surface area (Å²) in [7, 11) is 0. The summed E-state index contributed by atoms with van der Waals surface area (Å²) in [5.41, 5.74) is 8.36. The molecule has 33 heavy (non-hydrogen) atoms. The van der Waals surface area contributed by atoms with Crippen molar-refractivity contribution in [1.29, 1.82) is 0 Å². The van der Waals surface area contributed by atoms with E-state index >= 15 is 0 Å². The molecule has 1 aromatic carbocycles. The van der Waals surface area contributed by atoms with Crippen LogP contribution in [0.3, 0.4) is 0 Å². The maximum atomic E-state index is 6.15. The third kappa shape index (κ3) is 6.44. The summed E-state index contributed by atoms with van der Waals surface area (Å²) in [5.74, 6) is 7.99. The Kier molecular flexibility index (Phi) is 7.86. The molecule has 1 aliphatic rings. The van der Waals surface area contributed by atoms with Crippen LogP contribution in [0.4, 0.5) is 5.82 Å². The van der Waals surface area contributed by atoms with Crippen LogP contribution in [0.25, 0.3) is 10.4 Å². The zero-order chi connectivity index (χ0) is 23.3. The second-order valence-electron chi connectivity index (χ2n) is 8.51. The van der Waals surface area contributed by atoms with Crippen molar-refractivity contribution in [1.82, 2.24) is 15.3 Å². The van der Waals surface area contributed by atoms with Crippen LogP contribution in [0.5, 0.6) is 5.75 Å². The summed E-state index contributed by atoms with van der Waals surface area (Å²) >= 11 is 3.62. The highest BCUT2D eigenvalue weighted by molar-refractivity contribution is 14.1. The molecule has 0 saturated carbocycles. The number of aromatic nitrogens is 2. The number of piperidine rings is 1. The van der Waals surface area contributed by atoms with Crippen molar-refractivity contribution in [3.63, 3.8) is 0 Å². The Hall–Kier alpha value is -2.19. The monoisotopic (exact) mass is 574 g/mol. The smallest absolute Gasteiger partial charge is 0.135 e. The maximum absolute atomic E-state index is 6.15. The normalized spacial score (nSPS) is 14.5. The molecule has 1 aliphatic heterocycles. The lowest BCUT2D eigenvalue weighted by Crippen LogP contribution is -2.26. The van der Waals surface area contributed by atoms with Gasteiger partial charge in [-0.2, -0.15) is 0 Å². The van der Waals surface area contributed by atoms with Gasteiger partial charge in [0.05, 0.1) is 9.88 Å². The third-order valence-electron chi connectivity index (χ3n) is 5.43. The topological polar surface area (TPSA) is 82.3 Å². The van der Waals surface area contributed by atoms with E-state index in [1.807, 2.05) is 79.6 Å². The Morgan fingerprint density at radius 3 is 2.82 bits per heavy atom. The molecule has 0 unspecified atom stereocenters. The van der Waals surface area contributed by atoms with Gasteiger partial charge in [-0.05, 0) is 64.0 Å². The first kappa shape index (κ1) is 24.0. The van der Waals surface area contributed by atoms with Gasteiger partial charge >= 0.3 is 0 Å². The van der Waals surface area contributed by atoms with E-state index in [1.165, 1.54) is 5.01 Å². The largest absolute Gasteiger partial charge is 0.489 e. The van der Waals surface area contributed by atoms with Crippen molar-refractivity contribution in [3.8, 4) is 28.0 Å². The minimum absolute atomic E-state index is 0.325. The molecule has 0 aliphatic carbocycles. The highest BCUT2D eigenvalue weighted by Gasteiger charge is 2.19. The van der Waals surface area contributed by atoms with Crippen molar-refractivity contribution < 1.29 is 7.80 Å². The van der Waals surface area contributed by atoms with Gasteiger partial charge in [0.15, 0.2) is 0 Å². The molecule has 6 nitrogen and oxygen atoms in total. The number of nitrogen functional groups attached to an aromatic ring is 1. The van der Waals surface area contributed by atoms with Crippen molar-refractivity contribution in [2.24, 2.45) is 0 Å². The summed E-state index contributed by atoms with van der Waals surface area (Å²) in [6, 6.07) is 9.75. The quantitative estimate of drug-likeness (QED) is 0.306. The van der Waals surface area contributed by atoms with Crippen LogP contribution in [0.1, 0.15) is 48.7 Å². The summed E-state index contributed by atoms with van der Waals surface area (Å²) < 4.78 is 11.4. The summed E-state index contributed by atoms with van der Waals surface area (Å²) in [5, 5.41) is 4.61. The van der Waals surface area contributed by atoms with E-state index < -0.39 is 5.60 Å². The van der Waals surface area contributed by atoms with Crippen LogP contribution < -0.4 is 15.8 Å². The van der Waals surface area contributed by atoms with E-state index in [0.29, 0.717) is 18.3 Å². The fourth-order valence-corrected chi connectivity index (χ4v) is 4.69. The van der Waals surface area contributed by atoms with Crippen molar-refractivity contribution in [2.75, 3.05) is 18.8 Å². The molecule has 172 valence electrons. The molecule has 0 spiro atoms. The maximum Gasteiger partial charge on any atom is 0.135 e. The number of anilines is 1. The summed E-state index contributed by atoms with van der Waals surface area (Å²) in [6.07, 6.45) is 6.03. The predicted molar refractivity (Wildman–Crippen MR) is 141 cm³/mol. The average Bonchev–Trinajstić information content (AvgIpc) is 3.34. The van der Waals surface area contributed by atoms with E-state index in [9.17, 15) is 0 Å². The number of ether oxygens (including phenoxy) is 1. The Labute approximate surface area is 213 Å². The number of hydrogen-bond donors (Lipinski definition) is 2. The lowest BCUT2D eigenvalue weighted by atomic mass is 9.99. The van der Waals surface area contributed by atoms with E-state index in [-0.39, 0.29) is 0 Å². The molecule has 1 fully saturated rings. The number of benzene rings is 1. The van der Waals surface area contributed by atoms with Gasteiger partial charge in [-0.25, -0.2) is 9.97 Å². The number of rotatable bonds is 6. The van der Waals surface area contributed by atoms with Gasteiger partial charge in [0, 0.05) is 35.0 Å². The van der Waals surface area contributed by atoms with E-state index in [4.69, 9.17) is 18.5 Å². The fraction of sp³-hybridized carbons (Fsp3) is 0.360. The number of pyridine rings is 1. The minimum atomic E-state index is -0.512. The van der Waals surface area contributed by atoms with Crippen LogP contribution in [0.15, 0.2) is 42.7 Å². The number of halogens is 1. The first-order valence-electron chi connectivity index (χ1n) is 10.9. The Balaban J connectivity index is 1.46. The van der Waals surface area contributed by atoms with Gasteiger partial charge in [-0.1, -0.05) is 17.9 Å². The van der Waals surface area contributed by atoms with E-state index in [0.717, 1.165) is 53.2 Å². The number of thiazole rings is 1. The molecular formula is C25H27IN4O2S. The van der Waals surface area contributed by atoms with Gasteiger partial charge in [-0.3, -0.25) is 3.07 Å². The molecule has 0 bridgehead atoms. The molecule has 2 aromatic heterocycles. The van der Waals surface area contributed by atoms with Gasteiger partial charge < -0.3 is 15.8 Å². The first-order chi connectivity index (χ1) is 15.9. The highest BCUT2D eigenvalue weighted by atomic mass is 127. The summed E-state index contributed by atoms with van der Waals surface area (Å²) in [6.45, 7) is 6.29. The van der Waals surface area contributed by atoms with Crippen molar-refractivity contribution in [3.05, 3.63) is 58.9 Å². The lowest BCUT2D eigenvalue weighted by Gasteiger charge is -2.20. The number of nitrogens with one attached hydrogen (secondary N) is 1. The molecule has 8 heteroatoms. The third-order valence-corrected chi connectivity index (χ3v) is 7.74. The molecule has 3 aromatic rings. The highest BCUT2D eigenvalue weighted by Crippen LogP contribution is 2.34. The second kappa shape index (κ2) is 10.8. The zero-order valence-corrected chi connectivity index (χ0v) is 21.7. The van der Waals surface area contributed by atoms with Crippen molar-refractivity contribution >= 4 is 40.2 Å². The standard InChI is InChI=1S/C25H27IN4O2S/c1-25(2,32-26)9-6-17-4-3-5-21(12-17)31-16-20-13-19(14-29-23(20)27)22-15-30-24(33-22)18-7-10-28-11-8-18/h3-5,12-15,18,28H,7-8,10-11,16H2,1-2H3,(H2,27,29). The second-order valence-corrected chi connectivity index (χ2v) is 10.0. The molecular weight excluding hydrogens is 547 g/mol. The van der Waals surface area contributed by atoms with Gasteiger partial charge in [-0.15, -0.1) is 11.3 Å². The molecule has 4 rings (SSSR count). The SMILES string of the molecule is CC(C)(C#Cc1cccc(OCc2cc(-c3cnc(C4CCNCC4)s3)cnc2N)c1)OI. The molecule has 3 heterocycles. The number of nitrogens with two attached hydrogens (primary N) is 1. The molecule has 1 saturated heterocycles. The Morgan fingerprint density at radius 1 is 1.21 bits per heavy atom. The fourth-order valence-electron chi connectivity index (χ4n) is 3.52. The molecule has 0 amide bonds. The first-order valence-corrected chi connectivity index (χ1v) is 12.6. The van der Waals surface area contributed by atoms with Crippen LogP contribution in [-0.4, -0.2) is 28.7 Å². The zero-order valence-electron chi connectivity index (χ0n) is 18.7. The van der Waals surface area contributed by atoms with Crippen molar-refractivity contribution in [2.45, 2.75) is 44.8 Å².